The molecular formula is C66H92N12. The molecule has 2 aliphatic rings. The summed E-state index contributed by atoms with van der Waals surface area (Å²) in [7, 11) is 0. The van der Waals surface area contributed by atoms with Gasteiger partial charge in [-0.15, -0.1) is 0 Å². The van der Waals surface area contributed by atoms with Crippen LogP contribution in [0.2, 0.25) is 0 Å². The van der Waals surface area contributed by atoms with Crippen molar-refractivity contribution in [2.75, 3.05) is 19.6 Å². The monoisotopic (exact) mass is 1050 g/mol. The standard InChI is InChI=1S/C66H92N12/c1-37-29-41-42(30-38(37)2)76(56-69-47(61(11,12)13)34-48(70-56)62(14,15)16)53(75(41)55-67-45(59(5,6)7)33-46(68-55)60(8,9)10)54-77(57-71-49(63(17,18)19)35-50(72-57)64(20,21)22)43-31-39(3)40(4)32-44(43)78(54)58-73-51(65(23,24)25)36-52(74-58)66(26,27)28/h29-36H,1-28H3. The van der Waals surface area contributed by atoms with E-state index in [-0.39, 0.29) is 43.3 Å². The first-order chi connectivity index (χ1) is 35.3. The summed E-state index contributed by atoms with van der Waals surface area (Å²) < 4.78 is 0. The van der Waals surface area contributed by atoms with Gasteiger partial charge in [0.05, 0.1) is 68.3 Å². The second kappa shape index (κ2) is 18.7. The van der Waals surface area contributed by atoms with Gasteiger partial charge in [0.15, 0.2) is 11.6 Å². The topological polar surface area (TPSA) is 116 Å². The molecule has 0 fully saturated rings. The van der Waals surface area contributed by atoms with Gasteiger partial charge in [0, 0.05) is 43.3 Å². The summed E-state index contributed by atoms with van der Waals surface area (Å²) in [5, 5.41) is 0. The third-order valence-electron chi connectivity index (χ3n) is 15.0. The SMILES string of the molecule is Cc1cc2c(cc1C)N(c1nc(C(C)(C)C)cc(C(C)(C)C)n1)C(=C1N(c3nc(C(C)(C)C)cc(C(C)(C)C)n3)c3cc(C)c(C)cc3N1c1nc(C(C)(C)C)cc(C(C)(C)C)n1)N2c1nc(C(C)(C)C)cc(C(C)(C)C)n1. The first kappa shape index (κ1) is 57.9. The highest BCUT2D eigenvalue weighted by Crippen LogP contribution is 2.57. The molecule has 0 bridgehead atoms. The van der Waals surface area contributed by atoms with Crippen LogP contribution in [-0.2, 0) is 43.3 Å². The Morgan fingerprint density at radius 1 is 0.218 bits per heavy atom. The van der Waals surface area contributed by atoms with E-state index in [1.807, 2.05) is 0 Å². The van der Waals surface area contributed by atoms with Gasteiger partial charge < -0.3 is 0 Å². The fourth-order valence-electron chi connectivity index (χ4n) is 9.37. The second-order valence-corrected chi connectivity index (χ2v) is 30.6. The van der Waals surface area contributed by atoms with Crippen molar-refractivity contribution in [3.05, 3.63) is 128 Å². The maximum Gasteiger partial charge on any atom is 0.236 e. The summed E-state index contributed by atoms with van der Waals surface area (Å²) in [5.74, 6) is 3.45. The molecule has 2 aromatic carbocycles. The lowest BCUT2D eigenvalue weighted by molar-refractivity contribution is 0.535. The van der Waals surface area contributed by atoms with Crippen molar-refractivity contribution in [3.8, 4) is 0 Å². The molecule has 0 saturated heterocycles. The van der Waals surface area contributed by atoms with E-state index in [1.165, 1.54) is 0 Å². The normalized spacial score (nSPS) is 15.0. The number of rotatable bonds is 4. The van der Waals surface area contributed by atoms with Gasteiger partial charge in [-0.05, 0) is 98.5 Å². The molecule has 12 heteroatoms. The van der Waals surface area contributed by atoms with Gasteiger partial charge in [-0.25, -0.2) is 39.9 Å². The van der Waals surface area contributed by atoms with Crippen LogP contribution >= 0.6 is 0 Å². The molecule has 0 saturated carbocycles. The molecule has 12 nitrogen and oxygen atoms in total. The zero-order chi connectivity index (χ0) is 58.3. The van der Waals surface area contributed by atoms with E-state index in [0.717, 1.165) is 90.6 Å². The van der Waals surface area contributed by atoms with Crippen molar-refractivity contribution >= 4 is 46.5 Å². The van der Waals surface area contributed by atoms with Crippen LogP contribution in [-0.4, -0.2) is 39.9 Å². The minimum absolute atomic E-state index is 0.339. The van der Waals surface area contributed by atoms with Gasteiger partial charge in [0.1, 0.15) is 0 Å². The number of aromatic nitrogens is 8. The Labute approximate surface area is 469 Å². The molecule has 4 aromatic heterocycles. The van der Waals surface area contributed by atoms with E-state index in [2.05, 4.69) is 262 Å². The molecule has 416 valence electrons. The number of anilines is 8. The average molecular weight is 1050 g/mol. The highest BCUT2D eigenvalue weighted by Gasteiger charge is 2.49. The molecule has 0 spiro atoms. The summed E-state index contributed by atoms with van der Waals surface area (Å²) in [6.45, 7) is 62.1. The largest absolute Gasteiger partial charge is 0.259 e. The van der Waals surface area contributed by atoms with E-state index in [0.29, 0.717) is 35.4 Å². The first-order valence-corrected chi connectivity index (χ1v) is 28.1. The lowest BCUT2D eigenvalue weighted by atomic mass is 9.86. The Bertz CT molecular complexity index is 2800. The molecule has 2 aliphatic heterocycles. The molecule has 0 radical (unpaired) electrons. The Kier molecular flexibility index (Phi) is 13.8. The van der Waals surface area contributed by atoms with Gasteiger partial charge in [0.2, 0.25) is 23.8 Å². The van der Waals surface area contributed by atoms with Crippen molar-refractivity contribution in [2.24, 2.45) is 0 Å². The van der Waals surface area contributed by atoms with Gasteiger partial charge in [-0.3, -0.25) is 19.6 Å². The molecule has 0 unspecified atom stereocenters. The van der Waals surface area contributed by atoms with Crippen LogP contribution in [0.1, 0.15) is 234 Å². The first-order valence-electron chi connectivity index (χ1n) is 28.1. The minimum Gasteiger partial charge on any atom is -0.259 e. The fourth-order valence-corrected chi connectivity index (χ4v) is 9.37. The van der Waals surface area contributed by atoms with Gasteiger partial charge in [-0.2, -0.15) is 0 Å². The van der Waals surface area contributed by atoms with Crippen LogP contribution in [0.5, 0.6) is 0 Å². The molecule has 6 aromatic rings. The van der Waals surface area contributed by atoms with Crippen molar-refractivity contribution in [2.45, 2.75) is 237 Å². The quantitative estimate of drug-likeness (QED) is 0.167. The molecule has 0 aliphatic carbocycles. The number of hydrogen-bond donors (Lipinski definition) is 0. The van der Waals surface area contributed by atoms with Crippen LogP contribution in [0.3, 0.4) is 0 Å². The molecule has 8 rings (SSSR count). The lowest BCUT2D eigenvalue weighted by Gasteiger charge is -2.34. The van der Waals surface area contributed by atoms with Crippen molar-refractivity contribution in [3.63, 3.8) is 0 Å². The van der Waals surface area contributed by atoms with E-state index >= 15 is 0 Å². The smallest absolute Gasteiger partial charge is 0.236 e. The third-order valence-corrected chi connectivity index (χ3v) is 15.0. The van der Waals surface area contributed by atoms with Gasteiger partial charge in [0.25, 0.3) is 0 Å². The lowest BCUT2D eigenvalue weighted by Crippen LogP contribution is -2.37. The summed E-state index contributed by atoms with van der Waals surface area (Å²) >= 11 is 0. The van der Waals surface area contributed by atoms with Crippen molar-refractivity contribution in [1.29, 1.82) is 0 Å². The summed E-state index contributed by atoms with van der Waals surface area (Å²) in [5.41, 5.74) is 12.7. The Balaban J connectivity index is 1.74. The van der Waals surface area contributed by atoms with Gasteiger partial charge >= 0.3 is 0 Å². The fraction of sp³-hybridized carbons (Fsp3) is 0.545. The second-order valence-electron chi connectivity index (χ2n) is 30.6. The van der Waals surface area contributed by atoms with E-state index in [9.17, 15) is 0 Å². The van der Waals surface area contributed by atoms with Crippen LogP contribution in [0.15, 0.2) is 60.2 Å². The zero-order valence-electron chi connectivity index (χ0n) is 53.0. The number of hydrogen-bond acceptors (Lipinski definition) is 12. The summed E-state index contributed by atoms with van der Waals surface area (Å²) in [6.07, 6.45) is 0. The highest BCUT2D eigenvalue weighted by atomic mass is 15.5. The predicted molar refractivity (Wildman–Crippen MR) is 325 cm³/mol. The minimum atomic E-state index is -0.339. The average Bonchev–Trinajstić information content (AvgIpc) is 3.77. The zero-order valence-corrected chi connectivity index (χ0v) is 53.0. The predicted octanol–water partition coefficient (Wildman–Crippen LogP) is 16.9. The number of aryl methyl sites for hydroxylation is 4. The molecule has 6 heterocycles. The Hall–Kier alpha value is -6.30. The molecule has 0 N–H and O–H groups in total. The summed E-state index contributed by atoms with van der Waals surface area (Å²) in [6, 6.07) is 17.9. The molecule has 0 atom stereocenters. The Morgan fingerprint density at radius 2 is 0.346 bits per heavy atom. The van der Waals surface area contributed by atoms with Gasteiger partial charge in [-0.1, -0.05) is 166 Å². The Morgan fingerprint density at radius 3 is 0.462 bits per heavy atom. The molecule has 78 heavy (non-hydrogen) atoms. The van der Waals surface area contributed by atoms with E-state index in [1.54, 1.807) is 0 Å². The highest BCUT2D eigenvalue weighted by molar-refractivity contribution is 5.98. The van der Waals surface area contributed by atoms with E-state index in [4.69, 9.17) is 39.9 Å². The van der Waals surface area contributed by atoms with Crippen LogP contribution < -0.4 is 19.6 Å². The van der Waals surface area contributed by atoms with Crippen molar-refractivity contribution < 1.29 is 0 Å². The number of nitrogens with zero attached hydrogens (tertiary/aromatic N) is 12. The van der Waals surface area contributed by atoms with E-state index < -0.39 is 0 Å². The van der Waals surface area contributed by atoms with Crippen LogP contribution in [0.25, 0.3) is 0 Å². The number of fused-ring (bicyclic) bond motifs is 2. The maximum atomic E-state index is 5.69. The maximum absolute atomic E-state index is 5.69. The van der Waals surface area contributed by atoms with Crippen LogP contribution in [0.4, 0.5) is 46.5 Å². The van der Waals surface area contributed by atoms with Crippen LogP contribution in [0, 0.1) is 27.7 Å². The molecule has 0 amide bonds. The summed E-state index contributed by atoms with van der Waals surface area (Å²) in [4.78, 5) is 54.5. The number of benzene rings is 2. The third kappa shape index (κ3) is 10.9. The van der Waals surface area contributed by atoms with Crippen molar-refractivity contribution in [1.82, 2.24) is 39.9 Å². The molecular weight excluding hydrogens is 961 g/mol.